The summed E-state index contributed by atoms with van der Waals surface area (Å²) >= 11 is 6.37. The smallest absolute Gasteiger partial charge is 0.0847 e. The Kier molecular flexibility index (Phi) is 5.87. The first-order valence-corrected chi connectivity index (χ1v) is 8.02. The minimum absolute atomic E-state index is 0.400. The average molecular weight is 300 g/mol. The molecule has 1 aromatic rings. The second kappa shape index (κ2) is 7.43. The van der Waals surface area contributed by atoms with Gasteiger partial charge in [-0.3, -0.25) is 4.68 Å². The van der Waals surface area contributed by atoms with E-state index in [1.807, 2.05) is 18.7 Å². The zero-order valence-electron chi connectivity index (χ0n) is 12.8. The molecule has 2 atom stereocenters. The lowest BCUT2D eigenvalue weighted by atomic mass is 10.0. The molecule has 0 spiro atoms. The van der Waals surface area contributed by atoms with E-state index in [4.69, 9.17) is 16.3 Å². The van der Waals surface area contributed by atoms with Crippen molar-refractivity contribution in [2.24, 2.45) is 7.05 Å². The van der Waals surface area contributed by atoms with E-state index in [1.54, 1.807) is 0 Å². The fourth-order valence-electron chi connectivity index (χ4n) is 2.87. The van der Waals surface area contributed by atoms with Crippen LogP contribution in [-0.2, 0) is 18.2 Å². The minimum Gasteiger partial charge on any atom is -0.378 e. The third-order valence-corrected chi connectivity index (χ3v) is 4.45. The summed E-state index contributed by atoms with van der Waals surface area (Å²) in [5.74, 6) is 0. The van der Waals surface area contributed by atoms with Crippen LogP contribution in [0.3, 0.4) is 0 Å². The third-order valence-electron chi connectivity index (χ3n) is 3.96. The Morgan fingerprint density at radius 1 is 1.55 bits per heavy atom. The SMILES string of the molecule is CCCNC(Cc1c(Cl)c(C)nn1C)CC1CCCO1. The van der Waals surface area contributed by atoms with Crippen molar-refractivity contribution in [2.45, 2.75) is 58.1 Å². The van der Waals surface area contributed by atoms with Gasteiger partial charge in [0, 0.05) is 26.1 Å². The van der Waals surface area contributed by atoms with Crippen molar-refractivity contribution in [3.05, 3.63) is 16.4 Å². The third kappa shape index (κ3) is 3.96. The predicted octanol–water partition coefficient (Wildman–Crippen LogP) is 2.86. The largest absolute Gasteiger partial charge is 0.378 e. The van der Waals surface area contributed by atoms with Gasteiger partial charge in [-0.25, -0.2) is 0 Å². The summed E-state index contributed by atoms with van der Waals surface area (Å²) in [6.07, 6.45) is 5.88. The van der Waals surface area contributed by atoms with Gasteiger partial charge in [-0.05, 0) is 39.2 Å². The molecule has 1 N–H and O–H groups in total. The lowest BCUT2D eigenvalue weighted by Gasteiger charge is -2.22. The molecule has 2 unspecified atom stereocenters. The molecule has 2 heterocycles. The van der Waals surface area contributed by atoms with Crippen LogP contribution in [0.1, 0.15) is 44.0 Å². The van der Waals surface area contributed by atoms with Crippen LogP contribution in [0, 0.1) is 6.92 Å². The number of hydrogen-bond donors (Lipinski definition) is 1. The fraction of sp³-hybridized carbons (Fsp3) is 0.800. The Balaban J connectivity index is 2.01. The van der Waals surface area contributed by atoms with Crippen molar-refractivity contribution in [3.63, 3.8) is 0 Å². The second-order valence-corrected chi connectivity index (χ2v) is 6.07. The average Bonchev–Trinajstić information content (AvgIpc) is 3.00. The molecule has 1 aliphatic heterocycles. The monoisotopic (exact) mass is 299 g/mol. The Hall–Kier alpha value is -0.580. The van der Waals surface area contributed by atoms with E-state index in [2.05, 4.69) is 17.3 Å². The quantitative estimate of drug-likeness (QED) is 0.841. The molecule has 4 nitrogen and oxygen atoms in total. The van der Waals surface area contributed by atoms with Gasteiger partial charge in [0.15, 0.2) is 0 Å². The first kappa shape index (κ1) is 15.8. The Bertz CT molecular complexity index is 427. The van der Waals surface area contributed by atoms with Crippen LogP contribution in [0.5, 0.6) is 0 Å². The summed E-state index contributed by atoms with van der Waals surface area (Å²) in [5.41, 5.74) is 2.03. The van der Waals surface area contributed by atoms with Crippen LogP contribution in [0.15, 0.2) is 0 Å². The highest BCUT2D eigenvalue weighted by Gasteiger charge is 2.23. The zero-order valence-corrected chi connectivity index (χ0v) is 13.5. The zero-order chi connectivity index (χ0) is 14.5. The summed E-state index contributed by atoms with van der Waals surface area (Å²) in [6, 6.07) is 0.408. The number of rotatable bonds is 7. The van der Waals surface area contributed by atoms with E-state index in [0.717, 1.165) is 48.8 Å². The number of halogens is 1. The number of aryl methyl sites for hydroxylation is 2. The van der Waals surface area contributed by atoms with Crippen molar-refractivity contribution >= 4 is 11.6 Å². The van der Waals surface area contributed by atoms with Crippen molar-refractivity contribution in [1.82, 2.24) is 15.1 Å². The summed E-state index contributed by atoms with van der Waals surface area (Å²) in [6.45, 7) is 6.10. The molecule has 0 bridgehead atoms. The lowest BCUT2D eigenvalue weighted by molar-refractivity contribution is 0.0944. The fourth-order valence-corrected chi connectivity index (χ4v) is 3.11. The predicted molar refractivity (Wildman–Crippen MR) is 82.3 cm³/mol. The van der Waals surface area contributed by atoms with Gasteiger partial charge in [-0.2, -0.15) is 5.10 Å². The molecule has 0 aromatic carbocycles. The van der Waals surface area contributed by atoms with E-state index in [0.29, 0.717) is 12.1 Å². The Labute approximate surface area is 126 Å². The summed E-state index contributed by atoms with van der Waals surface area (Å²) in [5, 5.41) is 8.84. The maximum atomic E-state index is 6.37. The molecule has 0 saturated carbocycles. The summed E-state index contributed by atoms with van der Waals surface area (Å²) in [7, 11) is 1.97. The molecular formula is C15H26ClN3O. The van der Waals surface area contributed by atoms with Crippen molar-refractivity contribution < 1.29 is 4.74 Å². The number of hydrogen-bond acceptors (Lipinski definition) is 3. The van der Waals surface area contributed by atoms with E-state index in [9.17, 15) is 0 Å². The van der Waals surface area contributed by atoms with Gasteiger partial charge in [0.05, 0.1) is 22.5 Å². The van der Waals surface area contributed by atoms with Gasteiger partial charge in [0.1, 0.15) is 0 Å². The van der Waals surface area contributed by atoms with Gasteiger partial charge in [-0.1, -0.05) is 18.5 Å². The molecule has 5 heteroatoms. The van der Waals surface area contributed by atoms with Crippen molar-refractivity contribution in [3.8, 4) is 0 Å². The van der Waals surface area contributed by atoms with Gasteiger partial charge in [-0.15, -0.1) is 0 Å². The standard InChI is InChI=1S/C15H26ClN3O/c1-4-7-17-12(9-13-6-5-8-20-13)10-14-15(16)11(2)18-19(14)3/h12-13,17H,4-10H2,1-3H3. The molecule has 1 fully saturated rings. The highest BCUT2D eigenvalue weighted by molar-refractivity contribution is 6.31. The molecule has 114 valence electrons. The van der Waals surface area contributed by atoms with E-state index < -0.39 is 0 Å². The second-order valence-electron chi connectivity index (χ2n) is 5.70. The van der Waals surface area contributed by atoms with Gasteiger partial charge in [0.25, 0.3) is 0 Å². The first-order valence-electron chi connectivity index (χ1n) is 7.64. The Morgan fingerprint density at radius 3 is 2.90 bits per heavy atom. The number of nitrogens with one attached hydrogen (secondary N) is 1. The van der Waals surface area contributed by atoms with Crippen LogP contribution >= 0.6 is 11.6 Å². The van der Waals surface area contributed by atoms with Crippen molar-refractivity contribution in [2.75, 3.05) is 13.2 Å². The highest BCUT2D eigenvalue weighted by atomic mass is 35.5. The van der Waals surface area contributed by atoms with Crippen LogP contribution in [0.2, 0.25) is 5.02 Å². The minimum atomic E-state index is 0.400. The molecule has 0 aliphatic carbocycles. The highest BCUT2D eigenvalue weighted by Crippen LogP contribution is 2.23. The molecule has 1 aliphatic rings. The van der Waals surface area contributed by atoms with E-state index in [1.165, 1.54) is 12.8 Å². The van der Waals surface area contributed by atoms with Crippen LogP contribution in [-0.4, -0.2) is 35.1 Å². The van der Waals surface area contributed by atoms with Gasteiger partial charge in [0.2, 0.25) is 0 Å². The lowest BCUT2D eigenvalue weighted by Crippen LogP contribution is -2.35. The number of nitrogens with zero attached hydrogens (tertiary/aromatic N) is 2. The molecule has 2 rings (SSSR count). The van der Waals surface area contributed by atoms with Gasteiger partial charge < -0.3 is 10.1 Å². The van der Waals surface area contributed by atoms with E-state index in [-0.39, 0.29) is 0 Å². The molecule has 1 saturated heterocycles. The first-order chi connectivity index (χ1) is 9.61. The molecule has 0 amide bonds. The number of ether oxygens (including phenoxy) is 1. The molecule has 0 radical (unpaired) electrons. The number of aromatic nitrogens is 2. The maximum Gasteiger partial charge on any atom is 0.0847 e. The van der Waals surface area contributed by atoms with E-state index >= 15 is 0 Å². The maximum absolute atomic E-state index is 6.37. The van der Waals surface area contributed by atoms with Crippen LogP contribution in [0.4, 0.5) is 0 Å². The van der Waals surface area contributed by atoms with Crippen LogP contribution in [0.25, 0.3) is 0 Å². The Morgan fingerprint density at radius 2 is 2.35 bits per heavy atom. The van der Waals surface area contributed by atoms with Crippen molar-refractivity contribution in [1.29, 1.82) is 0 Å². The topological polar surface area (TPSA) is 39.1 Å². The summed E-state index contributed by atoms with van der Waals surface area (Å²) in [4.78, 5) is 0. The normalized spacial score (nSPS) is 20.5. The molecule has 20 heavy (non-hydrogen) atoms. The molecular weight excluding hydrogens is 274 g/mol. The van der Waals surface area contributed by atoms with Crippen LogP contribution < -0.4 is 5.32 Å². The molecule has 1 aromatic heterocycles. The van der Waals surface area contributed by atoms with Gasteiger partial charge >= 0.3 is 0 Å². The summed E-state index contributed by atoms with van der Waals surface area (Å²) < 4.78 is 7.68.